The number of aliphatic carboxylic acids is 1. The molecule has 1 aliphatic heterocycles. The molecule has 2 rings (SSSR count). The highest BCUT2D eigenvalue weighted by Gasteiger charge is 2.22. The molecule has 7 heteroatoms. The topological polar surface area (TPSA) is 73.8 Å². The molecule has 1 aromatic rings. The molecular formula is C18H28FN3O3. The monoisotopic (exact) mass is 353 g/mol. The van der Waals surface area contributed by atoms with Crippen molar-refractivity contribution in [2.24, 2.45) is 5.92 Å². The Labute approximate surface area is 148 Å². The molecule has 2 unspecified atom stereocenters. The highest BCUT2D eigenvalue weighted by Crippen LogP contribution is 2.24. The zero-order chi connectivity index (χ0) is 18.2. The van der Waals surface area contributed by atoms with Crippen LogP contribution >= 0.6 is 0 Å². The van der Waals surface area contributed by atoms with Crippen LogP contribution in [0.4, 0.5) is 10.1 Å². The van der Waals surface area contributed by atoms with E-state index in [0.717, 1.165) is 31.9 Å². The SMILES string of the molecule is CNC(C(=O)O)C(C)CCCOc1ccc(N2CCNCC2)cc1F. The average Bonchev–Trinajstić information content (AvgIpc) is 2.60. The maximum Gasteiger partial charge on any atom is 0.320 e. The number of piperazine rings is 1. The second kappa shape index (κ2) is 9.58. The lowest BCUT2D eigenvalue weighted by molar-refractivity contribution is -0.140. The van der Waals surface area contributed by atoms with Crippen LogP contribution in [0.5, 0.6) is 5.75 Å². The van der Waals surface area contributed by atoms with E-state index in [0.29, 0.717) is 19.4 Å². The lowest BCUT2D eigenvalue weighted by Crippen LogP contribution is -2.43. The molecule has 1 aliphatic rings. The Morgan fingerprint density at radius 1 is 1.44 bits per heavy atom. The van der Waals surface area contributed by atoms with E-state index < -0.39 is 12.0 Å². The molecule has 0 aromatic heterocycles. The van der Waals surface area contributed by atoms with Crippen LogP contribution in [0.2, 0.25) is 0 Å². The lowest BCUT2D eigenvalue weighted by Gasteiger charge is -2.29. The van der Waals surface area contributed by atoms with Gasteiger partial charge in [0.2, 0.25) is 0 Å². The minimum atomic E-state index is -0.856. The van der Waals surface area contributed by atoms with Gasteiger partial charge in [0.25, 0.3) is 0 Å². The first kappa shape index (κ1) is 19.5. The summed E-state index contributed by atoms with van der Waals surface area (Å²) in [7, 11) is 1.64. The summed E-state index contributed by atoms with van der Waals surface area (Å²) in [4.78, 5) is 13.2. The van der Waals surface area contributed by atoms with Crippen LogP contribution in [0.1, 0.15) is 19.8 Å². The van der Waals surface area contributed by atoms with Gasteiger partial charge in [-0.05, 0) is 37.9 Å². The van der Waals surface area contributed by atoms with Crippen LogP contribution in [-0.2, 0) is 4.79 Å². The standard InChI is InChI=1S/C18H28FN3O3/c1-13(17(20-2)18(23)24)4-3-11-25-16-6-5-14(12-15(16)19)22-9-7-21-8-10-22/h5-6,12-13,17,20-21H,3-4,7-11H2,1-2H3,(H,23,24). The fourth-order valence-corrected chi connectivity index (χ4v) is 3.13. The minimum Gasteiger partial charge on any atom is -0.491 e. The van der Waals surface area contributed by atoms with Gasteiger partial charge in [0.05, 0.1) is 6.61 Å². The number of benzene rings is 1. The van der Waals surface area contributed by atoms with Gasteiger partial charge in [-0.3, -0.25) is 4.79 Å². The summed E-state index contributed by atoms with van der Waals surface area (Å²) in [6, 6.07) is 4.50. The molecule has 25 heavy (non-hydrogen) atoms. The molecule has 1 aromatic carbocycles. The first-order valence-electron chi connectivity index (χ1n) is 8.81. The molecule has 2 atom stereocenters. The van der Waals surface area contributed by atoms with Crippen molar-refractivity contribution >= 4 is 11.7 Å². The van der Waals surface area contributed by atoms with Gasteiger partial charge in [-0.25, -0.2) is 4.39 Å². The van der Waals surface area contributed by atoms with Crippen molar-refractivity contribution in [3.63, 3.8) is 0 Å². The third kappa shape index (κ3) is 5.57. The van der Waals surface area contributed by atoms with Crippen LogP contribution in [0, 0.1) is 11.7 Å². The Bertz CT molecular complexity index is 564. The van der Waals surface area contributed by atoms with E-state index in [9.17, 15) is 9.18 Å². The molecule has 3 N–H and O–H groups in total. The molecule has 1 saturated heterocycles. The summed E-state index contributed by atoms with van der Waals surface area (Å²) < 4.78 is 19.8. The molecular weight excluding hydrogens is 325 g/mol. The summed E-state index contributed by atoms with van der Waals surface area (Å²) in [5.41, 5.74) is 0.873. The summed E-state index contributed by atoms with van der Waals surface area (Å²) in [6.07, 6.45) is 1.36. The summed E-state index contributed by atoms with van der Waals surface area (Å²) in [5, 5.41) is 15.2. The van der Waals surface area contributed by atoms with E-state index in [2.05, 4.69) is 15.5 Å². The van der Waals surface area contributed by atoms with Gasteiger partial charge < -0.3 is 25.4 Å². The van der Waals surface area contributed by atoms with Gasteiger partial charge in [-0.1, -0.05) is 6.92 Å². The second-order valence-corrected chi connectivity index (χ2v) is 6.42. The van der Waals surface area contributed by atoms with Crippen molar-refractivity contribution in [3.05, 3.63) is 24.0 Å². The van der Waals surface area contributed by atoms with Crippen LogP contribution < -0.4 is 20.3 Å². The molecule has 0 bridgehead atoms. The quantitative estimate of drug-likeness (QED) is 0.587. The van der Waals surface area contributed by atoms with E-state index >= 15 is 0 Å². The Balaban J connectivity index is 1.80. The number of carboxylic acids is 1. The number of carboxylic acid groups (broad SMARTS) is 1. The largest absolute Gasteiger partial charge is 0.491 e. The van der Waals surface area contributed by atoms with E-state index in [-0.39, 0.29) is 17.5 Å². The predicted octanol–water partition coefficient (Wildman–Crippen LogP) is 1.70. The fourth-order valence-electron chi connectivity index (χ4n) is 3.13. The molecule has 0 amide bonds. The maximum absolute atomic E-state index is 14.2. The highest BCUT2D eigenvalue weighted by molar-refractivity contribution is 5.73. The zero-order valence-electron chi connectivity index (χ0n) is 14.9. The molecule has 6 nitrogen and oxygen atoms in total. The number of hydrogen-bond donors (Lipinski definition) is 3. The highest BCUT2D eigenvalue weighted by atomic mass is 19.1. The number of carbonyl (C=O) groups is 1. The summed E-state index contributed by atoms with van der Waals surface area (Å²) >= 11 is 0. The Hall–Kier alpha value is -1.86. The molecule has 0 spiro atoms. The number of rotatable bonds is 9. The average molecular weight is 353 g/mol. The molecule has 0 aliphatic carbocycles. The van der Waals surface area contributed by atoms with Gasteiger partial charge in [0.1, 0.15) is 6.04 Å². The van der Waals surface area contributed by atoms with Crippen molar-refractivity contribution < 1.29 is 19.0 Å². The zero-order valence-corrected chi connectivity index (χ0v) is 14.9. The van der Waals surface area contributed by atoms with Crippen LogP contribution in [0.15, 0.2) is 18.2 Å². The molecule has 1 heterocycles. The maximum atomic E-state index is 14.2. The summed E-state index contributed by atoms with van der Waals surface area (Å²) in [5.74, 6) is -0.992. The first-order chi connectivity index (χ1) is 12.0. The number of anilines is 1. The van der Waals surface area contributed by atoms with Crippen LogP contribution in [0.3, 0.4) is 0 Å². The third-order valence-corrected chi connectivity index (χ3v) is 4.61. The Morgan fingerprint density at radius 3 is 2.76 bits per heavy atom. The second-order valence-electron chi connectivity index (χ2n) is 6.42. The van der Waals surface area contributed by atoms with Crippen molar-refractivity contribution in [1.82, 2.24) is 10.6 Å². The summed E-state index contributed by atoms with van der Waals surface area (Å²) in [6.45, 7) is 5.80. The van der Waals surface area contributed by atoms with Crippen molar-refractivity contribution in [2.75, 3.05) is 44.7 Å². The van der Waals surface area contributed by atoms with Crippen molar-refractivity contribution in [2.45, 2.75) is 25.8 Å². The van der Waals surface area contributed by atoms with Gasteiger partial charge in [0.15, 0.2) is 11.6 Å². The van der Waals surface area contributed by atoms with E-state index in [1.807, 2.05) is 13.0 Å². The van der Waals surface area contributed by atoms with E-state index in [1.54, 1.807) is 13.1 Å². The first-order valence-corrected chi connectivity index (χ1v) is 8.81. The van der Waals surface area contributed by atoms with Gasteiger partial charge >= 0.3 is 5.97 Å². The van der Waals surface area contributed by atoms with Gasteiger partial charge in [0, 0.05) is 37.9 Å². The molecule has 1 fully saturated rings. The number of hydrogen-bond acceptors (Lipinski definition) is 5. The predicted molar refractivity (Wildman–Crippen MR) is 95.9 cm³/mol. The molecule has 0 saturated carbocycles. The van der Waals surface area contributed by atoms with Crippen molar-refractivity contribution in [1.29, 1.82) is 0 Å². The van der Waals surface area contributed by atoms with E-state index in [1.165, 1.54) is 6.07 Å². The smallest absolute Gasteiger partial charge is 0.320 e. The fraction of sp³-hybridized carbons (Fsp3) is 0.611. The Kier molecular flexibility index (Phi) is 7.46. The minimum absolute atomic E-state index is 0.0222. The molecule has 0 radical (unpaired) electrons. The number of nitrogens with one attached hydrogen (secondary N) is 2. The number of halogens is 1. The number of likely N-dealkylation sites (N-methyl/N-ethyl adjacent to an activating group) is 1. The normalized spacial score (nSPS) is 17.2. The van der Waals surface area contributed by atoms with Gasteiger partial charge in [-0.2, -0.15) is 0 Å². The van der Waals surface area contributed by atoms with Crippen LogP contribution in [0.25, 0.3) is 0 Å². The lowest BCUT2D eigenvalue weighted by atomic mass is 9.97. The number of nitrogens with zero attached hydrogens (tertiary/aromatic N) is 1. The number of ether oxygens (including phenoxy) is 1. The van der Waals surface area contributed by atoms with E-state index in [4.69, 9.17) is 9.84 Å². The van der Waals surface area contributed by atoms with Gasteiger partial charge in [-0.15, -0.1) is 0 Å². The Morgan fingerprint density at radius 2 is 2.16 bits per heavy atom. The van der Waals surface area contributed by atoms with Crippen molar-refractivity contribution in [3.8, 4) is 5.75 Å². The third-order valence-electron chi connectivity index (χ3n) is 4.61. The molecule has 140 valence electrons. The van der Waals surface area contributed by atoms with Crippen LogP contribution in [-0.4, -0.2) is 57.0 Å².